The first kappa shape index (κ1) is 9.21. The fourth-order valence-electron chi connectivity index (χ4n) is 0.648. The summed E-state index contributed by atoms with van der Waals surface area (Å²) in [5.41, 5.74) is 0. The first-order chi connectivity index (χ1) is 4.57. The highest BCUT2D eigenvalue weighted by Gasteiger charge is 2.10. The van der Waals surface area contributed by atoms with Gasteiger partial charge in [-0.3, -0.25) is 4.79 Å². The average Bonchev–Trinajstić information content (AvgIpc) is 1.81. The molecule has 1 unspecified atom stereocenters. The predicted octanol–water partition coefficient (Wildman–Crippen LogP) is 1.76. The molecule has 0 aliphatic carbocycles. The van der Waals surface area contributed by atoms with E-state index in [1.165, 1.54) is 6.92 Å². The lowest BCUT2D eigenvalue weighted by atomic mass is 10.1. The van der Waals surface area contributed by atoms with Crippen molar-refractivity contribution < 1.29 is 9.53 Å². The minimum atomic E-state index is -0.251. The predicted molar refractivity (Wildman–Crippen MR) is 40.6 cm³/mol. The minimum absolute atomic E-state index is 0.141. The molecule has 0 aliphatic heterocycles. The van der Waals surface area contributed by atoms with E-state index in [-0.39, 0.29) is 12.1 Å². The van der Waals surface area contributed by atoms with Gasteiger partial charge in [0.1, 0.15) is 6.10 Å². The third kappa shape index (κ3) is 3.28. The summed E-state index contributed by atoms with van der Waals surface area (Å²) in [6.07, 6.45) is 1.50. The number of ether oxygens (including phenoxy) is 1. The van der Waals surface area contributed by atoms with E-state index in [1.807, 2.05) is 13.8 Å². The average molecular weight is 142 g/mol. The van der Waals surface area contributed by atoms with Crippen LogP contribution in [0.25, 0.3) is 0 Å². The van der Waals surface area contributed by atoms with Crippen molar-refractivity contribution in [2.24, 2.45) is 5.92 Å². The molecule has 0 saturated carbocycles. The van der Waals surface area contributed by atoms with E-state index in [1.54, 1.807) is 6.08 Å². The van der Waals surface area contributed by atoms with E-state index in [9.17, 15) is 4.79 Å². The van der Waals surface area contributed by atoms with Gasteiger partial charge in [-0.05, 0) is 5.92 Å². The van der Waals surface area contributed by atoms with Gasteiger partial charge in [0, 0.05) is 6.92 Å². The number of carbonyl (C=O) groups is 1. The second-order valence-corrected chi connectivity index (χ2v) is 2.55. The van der Waals surface area contributed by atoms with Crippen LogP contribution in [0.3, 0.4) is 0 Å². The second kappa shape index (κ2) is 4.09. The molecule has 0 bridgehead atoms. The van der Waals surface area contributed by atoms with Crippen molar-refractivity contribution in [2.45, 2.75) is 26.9 Å². The Bertz CT molecular complexity index is 127. The summed E-state index contributed by atoms with van der Waals surface area (Å²) in [6.45, 7) is 8.92. The number of hydrogen-bond acceptors (Lipinski definition) is 2. The van der Waals surface area contributed by atoms with Crippen molar-refractivity contribution in [3.63, 3.8) is 0 Å². The van der Waals surface area contributed by atoms with Crippen molar-refractivity contribution in [1.29, 1.82) is 0 Å². The highest BCUT2D eigenvalue weighted by molar-refractivity contribution is 5.66. The second-order valence-electron chi connectivity index (χ2n) is 2.55. The van der Waals surface area contributed by atoms with Gasteiger partial charge < -0.3 is 4.74 Å². The monoisotopic (exact) mass is 142 g/mol. The van der Waals surface area contributed by atoms with E-state index in [2.05, 4.69) is 6.58 Å². The molecule has 0 rings (SSSR count). The number of rotatable bonds is 3. The molecule has 10 heavy (non-hydrogen) atoms. The molecule has 2 nitrogen and oxygen atoms in total. The Morgan fingerprint density at radius 1 is 1.60 bits per heavy atom. The molecule has 0 aromatic rings. The summed E-state index contributed by atoms with van der Waals surface area (Å²) in [6, 6.07) is 0. The van der Waals surface area contributed by atoms with Crippen molar-refractivity contribution in [1.82, 2.24) is 0 Å². The molecule has 0 heterocycles. The molecular weight excluding hydrogens is 128 g/mol. The van der Waals surface area contributed by atoms with Crippen LogP contribution in [0.1, 0.15) is 20.8 Å². The SMILES string of the molecule is C=CC(OC(C)=O)C(C)C. The molecule has 0 aliphatic rings. The molecule has 0 spiro atoms. The number of esters is 1. The Morgan fingerprint density at radius 2 is 2.10 bits per heavy atom. The van der Waals surface area contributed by atoms with Crippen molar-refractivity contribution in [3.8, 4) is 0 Å². The van der Waals surface area contributed by atoms with Crippen LogP contribution in [-0.2, 0) is 9.53 Å². The normalized spacial score (nSPS) is 12.8. The van der Waals surface area contributed by atoms with E-state index in [4.69, 9.17) is 4.74 Å². The summed E-state index contributed by atoms with van der Waals surface area (Å²) in [7, 11) is 0. The smallest absolute Gasteiger partial charge is 0.303 e. The molecule has 0 amide bonds. The standard InChI is InChI=1S/C8H14O2/c1-5-8(6(2)3)10-7(4)9/h5-6,8H,1H2,2-4H3. The van der Waals surface area contributed by atoms with Gasteiger partial charge >= 0.3 is 5.97 Å². The molecule has 0 N–H and O–H groups in total. The first-order valence-electron chi connectivity index (χ1n) is 3.37. The third-order valence-corrected chi connectivity index (χ3v) is 1.19. The number of hydrogen-bond donors (Lipinski definition) is 0. The Balaban J connectivity index is 3.83. The molecule has 2 heteroatoms. The summed E-state index contributed by atoms with van der Waals surface area (Å²) in [5.74, 6) is 0.0556. The molecule has 0 saturated heterocycles. The van der Waals surface area contributed by atoms with Gasteiger partial charge in [0.15, 0.2) is 0 Å². The Hall–Kier alpha value is -0.790. The summed E-state index contributed by atoms with van der Waals surface area (Å²) in [4.78, 5) is 10.4. The fraction of sp³-hybridized carbons (Fsp3) is 0.625. The van der Waals surface area contributed by atoms with Crippen LogP contribution in [0, 0.1) is 5.92 Å². The maximum atomic E-state index is 10.4. The van der Waals surface area contributed by atoms with E-state index >= 15 is 0 Å². The zero-order valence-electron chi connectivity index (χ0n) is 6.76. The van der Waals surface area contributed by atoms with Crippen LogP contribution in [0.2, 0.25) is 0 Å². The van der Waals surface area contributed by atoms with E-state index in [0.29, 0.717) is 5.92 Å². The van der Waals surface area contributed by atoms with Gasteiger partial charge in [-0.1, -0.05) is 26.5 Å². The van der Waals surface area contributed by atoms with Crippen LogP contribution in [-0.4, -0.2) is 12.1 Å². The molecule has 1 atom stereocenters. The third-order valence-electron chi connectivity index (χ3n) is 1.19. The van der Waals surface area contributed by atoms with E-state index in [0.717, 1.165) is 0 Å². The van der Waals surface area contributed by atoms with Gasteiger partial charge in [-0.25, -0.2) is 0 Å². The van der Waals surface area contributed by atoms with Crippen LogP contribution in [0.15, 0.2) is 12.7 Å². The van der Waals surface area contributed by atoms with Crippen LogP contribution in [0.4, 0.5) is 0 Å². The Morgan fingerprint density at radius 3 is 2.20 bits per heavy atom. The maximum Gasteiger partial charge on any atom is 0.303 e. The zero-order valence-corrected chi connectivity index (χ0v) is 6.76. The lowest BCUT2D eigenvalue weighted by Gasteiger charge is -2.15. The Labute approximate surface area is 61.9 Å². The van der Waals surface area contributed by atoms with Gasteiger partial charge in [0.25, 0.3) is 0 Å². The molecular formula is C8H14O2. The number of carbonyl (C=O) groups excluding carboxylic acids is 1. The maximum absolute atomic E-state index is 10.4. The van der Waals surface area contributed by atoms with E-state index < -0.39 is 0 Å². The molecule has 58 valence electrons. The summed E-state index contributed by atoms with van der Waals surface area (Å²) in [5, 5.41) is 0. The van der Waals surface area contributed by atoms with Gasteiger partial charge in [-0.2, -0.15) is 0 Å². The van der Waals surface area contributed by atoms with Crippen LogP contribution >= 0.6 is 0 Å². The summed E-state index contributed by atoms with van der Waals surface area (Å²) < 4.78 is 4.90. The van der Waals surface area contributed by atoms with Gasteiger partial charge in [-0.15, -0.1) is 0 Å². The van der Waals surface area contributed by atoms with Gasteiger partial charge in [0.2, 0.25) is 0 Å². The summed E-state index contributed by atoms with van der Waals surface area (Å²) >= 11 is 0. The van der Waals surface area contributed by atoms with Crippen molar-refractivity contribution in [2.75, 3.05) is 0 Å². The molecule has 0 fully saturated rings. The van der Waals surface area contributed by atoms with Crippen molar-refractivity contribution >= 4 is 5.97 Å². The molecule has 0 aromatic carbocycles. The van der Waals surface area contributed by atoms with Crippen LogP contribution in [0.5, 0.6) is 0 Å². The lowest BCUT2D eigenvalue weighted by molar-refractivity contribution is -0.145. The molecule has 0 aromatic heterocycles. The topological polar surface area (TPSA) is 26.3 Å². The zero-order chi connectivity index (χ0) is 8.15. The van der Waals surface area contributed by atoms with Gasteiger partial charge in [0.05, 0.1) is 0 Å². The quantitative estimate of drug-likeness (QED) is 0.443. The minimum Gasteiger partial charge on any atom is -0.458 e. The fourth-order valence-corrected chi connectivity index (χ4v) is 0.648. The highest BCUT2D eigenvalue weighted by Crippen LogP contribution is 2.06. The Kier molecular flexibility index (Phi) is 3.77. The lowest BCUT2D eigenvalue weighted by Crippen LogP contribution is -2.19. The highest BCUT2D eigenvalue weighted by atomic mass is 16.5. The largest absolute Gasteiger partial charge is 0.458 e. The van der Waals surface area contributed by atoms with Crippen LogP contribution < -0.4 is 0 Å². The van der Waals surface area contributed by atoms with Crippen molar-refractivity contribution in [3.05, 3.63) is 12.7 Å². The molecule has 0 radical (unpaired) electrons. The first-order valence-corrected chi connectivity index (χ1v) is 3.37.